The molecule has 1 N–H and O–H groups in total. The molecule has 2 rings (SSSR count). The van der Waals surface area contributed by atoms with Crippen LogP contribution in [0.3, 0.4) is 0 Å². The Balaban J connectivity index is 1.81. The highest BCUT2D eigenvalue weighted by molar-refractivity contribution is 4.95. The van der Waals surface area contributed by atoms with Gasteiger partial charge in [0.15, 0.2) is 0 Å². The molecule has 1 aliphatic heterocycles. The molecule has 1 fully saturated rings. The summed E-state index contributed by atoms with van der Waals surface area (Å²) in [5.41, 5.74) is 0. The van der Waals surface area contributed by atoms with E-state index in [1.54, 1.807) is 6.20 Å². The number of ether oxygens (including phenoxy) is 1. The molecule has 0 amide bonds. The van der Waals surface area contributed by atoms with Crippen molar-refractivity contribution < 1.29 is 9.84 Å². The highest BCUT2D eigenvalue weighted by Crippen LogP contribution is 2.22. The van der Waals surface area contributed by atoms with Crippen LogP contribution in [0.25, 0.3) is 0 Å². The largest absolute Gasteiger partial charge is 0.385 e. The van der Waals surface area contributed by atoms with Gasteiger partial charge in [-0.3, -0.25) is 0 Å². The fourth-order valence-electron chi connectivity index (χ4n) is 2.04. The smallest absolute Gasteiger partial charge is 0.137 e. The van der Waals surface area contributed by atoms with Crippen LogP contribution in [0.4, 0.5) is 0 Å². The van der Waals surface area contributed by atoms with Crippen molar-refractivity contribution in [3.63, 3.8) is 0 Å². The summed E-state index contributed by atoms with van der Waals surface area (Å²) in [4.78, 5) is 4.13. The number of aromatic nitrogens is 2. The van der Waals surface area contributed by atoms with Crippen LogP contribution in [0.1, 0.15) is 37.6 Å². The number of nitrogens with zero attached hydrogens (tertiary/aromatic N) is 2. The van der Waals surface area contributed by atoms with Crippen molar-refractivity contribution in [3.05, 3.63) is 18.2 Å². The topological polar surface area (TPSA) is 47.3 Å². The zero-order valence-electron chi connectivity index (χ0n) is 9.09. The highest BCUT2D eigenvalue weighted by atomic mass is 16.5. The molecular weight excluding hydrogens is 192 g/mol. The van der Waals surface area contributed by atoms with Crippen molar-refractivity contribution in [2.75, 3.05) is 6.61 Å². The third kappa shape index (κ3) is 2.58. The van der Waals surface area contributed by atoms with Gasteiger partial charge in [0.2, 0.25) is 0 Å². The summed E-state index contributed by atoms with van der Waals surface area (Å²) in [7, 11) is 1.90. The maximum absolute atomic E-state index is 9.91. The summed E-state index contributed by atoms with van der Waals surface area (Å²) in [5, 5.41) is 9.91. The van der Waals surface area contributed by atoms with Crippen LogP contribution in [0, 0.1) is 0 Å². The van der Waals surface area contributed by atoms with Crippen molar-refractivity contribution in [2.45, 2.75) is 37.9 Å². The molecule has 0 spiro atoms. The van der Waals surface area contributed by atoms with E-state index < -0.39 is 6.10 Å². The first-order chi connectivity index (χ1) is 7.27. The van der Waals surface area contributed by atoms with Crippen LogP contribution in [0.5, 0.6) is 0 Å². The van der Waals surface area contributed by atoms with E-state index in [9.17, 15) is 5.11 Å². The zero-order chi connectivity index (χ0) is 10.7. The molecule has 15 heavy (non-hydrogen) atoms. The molecule has 4 heteroatoms. The minimum absolute atomic E-state index is 0.347. The molecule has 0 saturated carbocycles. The molecule has 1 aromatic heterocycles. The van der Waals surface area contributed by atoms with Gasteiger partial charge >= 0.3 is 0 Å². The van der Waals surface area contributed by atoms with Gasteiger partial charge in [-0.1, -0.05) is 0 Å². The van der Waals surface area contributed by atoms with Crippen LogP contribution in [0.15, 0.2) is 12.4 Å². The van der Waals surface area contributed by atoms with Gasteiger partial charge in [0, 0.05) is 26.0 Å². The molecule has 0 radical (unpaired) electrons. The summed E-state index contributed by atoms with van der Waals surface area (Å²) in [5.74, 6) is 0.744. The third-order valence-electron chi connectivity index (χ3n) is 2.94. The van der Waals surface area contributed by atoms with Crippen molar-refractivity contribution >= 4 is 0 Å². The summed E-state index contributed by atoms with van der Waals surface area (Å²) in [6, 6.07) is 0. The molecule has 1 aliphatic rings. The minimum Gasteiger partial charge on any atom is -0.385 e. The van der Waals surface area contributed by atoms with Crippen LogP contribution in [-0.4, -0.2) is 27.4 Å². The first-order valence-electron chi connectivity index (χ1n) is 5.54. The molecule has 84 valence electrons. The van der Waals surface area contributed by atoms with E-state index >= 15 is 0 Å². The second kappa shape index (κ2) is 4.77. The van der Waals surface area contributed by atoms with E-state index in [-0.39, 0.29) is 0 Å². The van der Waals surface area contributed by atoms with E-state index in [1.807, 2.05) is 17.8 Å². The Morgan fingerprint density at radius 3 is 3.20 bits per heavy atom. The lowest BCUT2D eigenvalue weighted by molar-refractivity contribution is 0.0782. The molecule has 0 aromatic carbocycles. The molecule has 0 aliphatic carbocycles. The Kier molecular flexibility index (Phi) is 3.38. The van der Waals surface area contributed by atoms with Crippen LogP contribution in [-0.2, 0) is 11.8 Å². The van der Waals surface area contributed by atoms with E-state index in [0.717, 1.165) is 38.1 Å². The van der Waals surface area contributed by atoms with Crippen LogP contribution < -0.4 is 0 Å². The molecule has 2 heterocycles. The standard InChI is InChI=1S/C11H18N2O2/c1-13-7-6-12-11(13)10(14)5-4-9-3-2-8-15-9/h6-7,9-10,14H,2-5,8H2,1H3. The van der Waals surface area contributed by atoms with Crippen molar-refractivity contribution in [2.24, 2.45) is 7.05 Å². The average molecular weight is 210 g/mol. The van der Waals surface area contributed by atoms with Crippen LogP contribution >= 0.6 is 0 Å². The van der Waals surface area contributed by atoms with E-state index in [4.69, 9.17) is 4.74 Å². The molecule has 0 bridgehead atoms. The summed E-state index contributed by atoms with van der Waals surface area (Å²) >= 11 is 0. The number of imidazole rings is 1. The van der Waals surface area contributed by atoms with Gasteiger partial charge in [0.1, 0.15) is 11.9 Å². The Labute approximate surface area is 89.9 Å². The van der Waals surface area contributed by atoms with E-state index in [2.05, 4.69) is 4.98 Å². The number of aryl methyl sites for hydroxylation is 1. The lowest BCUT2D eigenvalue weighted by atomic mass is 10.1. The minimum atomic E-state index is -0.464. The fraction of sp³-hybridized carbons (Fsp3) is 0.727. The highest BCUT2D eigenvalue weighted by Gasteiger charge is 2.19. The number of aliphatic hydroxyl groups is 1. The SMILES string of the molecule is Cn1ccnc1C(O)CCC1CCCO1. The molecule has 2 unspecified atom stereocenters. The summed E-state index contributed by atoms with van der Waals surface area (Å²) < 4.78 is 7.37. The first-order valence-corrected chi connectivity index (χ1v) is 5.54. The van der Waals surface area contributed by atoms with Gasteiger partial charge in [-0.2, -0.15) is 0 Å². The summed E-state index contributed by atoms with van der Waals surface area (Å²) in [6.45, 7) is 0.878. The lowest BCUT2D eigenvalue weighted by Crippen LogP contribution is -2.10. The average Bonchev–Trinajstić information content (AvgIpc) is 2.84. The fourth-order valence-corrected chi connectivity index (χ4v) is 2.04. The number of rotatable bonds is 4. The van der Waals surface area contributed by atoms with Gasteiger partial charge in [-0.25, -0.2) is 4.98 Å². The molecule has 1 saturated heterocycles. The quantitative estimate of drug-likeness (QED) is 0.817. The first kappa shape index (κ1) is 10.6. The van der Waals surface area contributed by atoms with Gasteiger partial charge in [0.25, 0.3) is 0 Å². The van der Waals surface area contributed by atoms with Crippen molar-refractivity contribution in [1.29, 1.82) is 0 Å². The Hall–Kier alpha value is -0.870. The number of aliphatic hydroxyl groups excluding tert-OH is 1. The number of hydrogen-bond acceptors (Lipinski definition) is 3. The third-order valence-corrected chi connectivity index (χ3v) is 2.94. The van der Waals surface area contributed by atoms with Gasteiger partial charge < -0.3 is 14.4 Å². The zero-order valence-corrected chi connectivity index (χ0v) is 9.09. The van der Waals surface area contributed by atoms with E-state index in [0.29, 0.717) is 6.10 Å². The van der Waals surface area contributed by atoms with Gasteiger partial charge in [-0.05, 0) is 25.7 Å². The van der Waals surface area contributed by atoms with Crippen LogP contribution in [0.2, 0.25) is 0 Å². The molecule has 2 atom stereocenters. The van der Waals surface area contributed by atoms with Gasteiger partial charge in [0.05, 0.1) is 6.10 Å². The number of hydrogen-bond donors (Lipinski definition) is 1. The lowest BCUT2D eigenvalue weighted by Gasteiger charge is -2.13. The van der Waals surface area contributed by atoms with E-state index in [1.165, 1.54) is 0 Å². The van der Waals surface area contributed by atoms with Gasteiger partial charge in [-0.15, -0.1) is 0 Å². The Bertz CT molecular complexity index is 305. The van der Waals surface area contributed by atoms with Crippen molar-refractivity contribution in [3.8, 4) is 0 Å². The molecular formula is C11H18N2O2. The maximum atomic E-state index is 9.91. The Morgan fingerprint density at radius 2 is 2.60 bits per heavy atom. The predicted octanol–water partition coefficient (Wildman–Crippen LogP) is 1.41. The monoisotopic (exact) mass is 210 g/mol. The molecule has 4 nitrogen and oxygen atoms in total. The Morgan fingerprint density at radius 1 is 1.73 bits per heavy atom. The van der Waals surface area contributed by atoms with Crippen molar-refractivity contribution in [1.82, 2.24) is 9.55 Å². The maximum Gasteiger partial charge on any atom is 0.137 e. The predicted molar refractivity (Wildman–Crippen MR) is 56.4 cm³/mol. The second-order valence-corrected chi connectivity index (χ2v) is 4.12. The normalized spacial score (nSPS) is 23.2. The summed E-state index contributed by atoms with van der Waals surface area (Å²) in [6.07, 6.45) is 7.39. The molecule has 1 aromatic rings. The second-order valence-electron chi connectivity index (χ2n) is 4.12.